The lowest BCUT2D eigenvalue weighted by Crippen LogP contribution is -1.97. The van der Waals surface area contributed by atoms with Crippen LogP contribution in [0.15, 0.2) is 33.3 Å². The number of benzene rings is 1. The smallest absolute Gasteiger partial charge is 0.0897 e. The number of nitrogens with one attached hydrogen (secondary N) is 1. The zero-order chi connectivity index (χ0) is 11.5. The Morgan fingerprint density at radius 2 is 2.19 bits per heavy atom. The van der Waals surface area contributed by atoms with E-state index in [-0.39, 0.29) is 0 Å². The van der Waals surface area contributed by atoms with E-state index in [1.54, 1.807) is 11.3 Å². The van der Waals surface area contributed by atoms with Crippen LogP contribution in [0, 0.1) is 6.92 Å². The monoisotopic (exact) mass is 360 g/mol. The third-order valence-corrected chi connectivity index (χ3v) is 4.12. The van der Waals surface area contributed by atoms with E-state index in [1.807, 2.05) is 31.3 Å². The van der Waals surface area contributed by atoms with E-state index < -0.39 is 0 Å². The SMILES string of the molecule is Cc1ncc(CNc2ccc(Br)cc2Br)s1. The molecule has 5 heteroatoms. The molecule has 0 aliphatic carbocycles. The summed E-state index contributed by atoms with van der Waals surface area (Å²) in [7, 11) is 0. The molecule has 0 amide bonds. The maximum Gasteiger partial charge on any atom is 0.0897 e. The molecule has 0 unspecified atom stereocenters. The molecule has 1 aromatic heterocycles. The summed E-state index contributed by atoms with van der Waals surface area (Å²) in [5, 5.41) is 4.48. The van der Waals surface area contributed by atoms with E-state index in [9.17, 15) is 0 Å². The van der Waals surface area contributed by atoms with Crippen LogP contribution in [-0.2, 0) is 6.54 Å². The number of thiazole rings is 1. The van der Waals surface area contributed by atoms with Crippen LogP contribution in [0.5, 0.6) is 0 Å². The summed E-state index contributed by atoms with van der Waals surface area (Å²) in [5.41, 5.74) is 1.09. The molecule has 84 valence electrons. The topological polar surface area (TPSA) is 24.9 Å². The Bertz CT molecular complexity index is 496. The number of anilines is 1. The third-order valence-electron chi connectivity index (χ3n) is 2.05. The Labute approximate surface area is 115 Å². The summed E-state index contributed by atoms with van der Waals surface area (Å²) in [4.78, 5) is 5.47. The van der Waals surface area contributed by atoms with Crippen LogP contribution in [-0.4, -0.2) is 4.98 Å². The molecule has 1 heterocycles. The number of hydrogen-bond donors (Lipinski definition) is 1. The maximum absolute atomic E-state index is 4.22. The molecule has 1 aromatic carbocycles. The minimum atomic E-state index is 0.811. The van der Waals surface area contributed by atoms with E-state index in [0.717, 1.165) is 26.2 Å². The fraction of sp³-hybridized carbons (Fsp3) is 0.182. The Balaban J connectivity index is 2.04. The van der Waals surface area contributed by atoms with Gasteiger partial charge in [-0.3, -0.25) is 0 Å². The fourth-order valence-electron chi connectivity index (χ4n) is 1.30. The molecule has 0 aliphatic heterocycles. The highest BCUT2D eigenvalue weighted by Crippen LogP contribution is 2.26. The number of halogens is 2. The molecule has 1 N–H and O–H groups in total. The van der Waals surface area contributed by atoms with Gasteiger partial charge in [0.15, 0.2) is 0 Å². The maximum atomic E-state index is 4.22. The van der Waals surface area contributed by atoms with E-state index >= 15 is 0 Å². The largest absolute Gasteiger partial charge is 0.379 e. The molecule has 0 bridgehead atoms. The summed E-state index contributed by atoms with van der Waals surface area (Å²) in [6.07, 6.45) is 1.92. The summed E-state index contributed by atoms with van der Waals surface area (Å²) in [6, 6.07) is 6.09. The lowest BCUT2D eigenvalue weighted by molar-refractivity contribution is 1.16. The van der Waals surface area contributed by atoms with Gasteiger partial charge in [0.1, 0.15) is 0 Å². The van der Waals surface area contributed by atoms with Crippen molar-refractivity contribution < 1.29 is 0 Å². The van der Waals surface area contributed by atoms with Gasteiger partial charge < -0.3 is 5.32 Å². The Hall–Kier alpha value is -0.390. The standard InChI is InChI=1S/C11H10Br2N2S/c1-7-14-5-9(16-7)6-15-11-3-2-8(12)4-10(11)13/h2-5,15H,6H2,1H3. The molecule has 0 spiro atoms. The summed E-state index contributed by atoms with van der Waals surface area (Å²) >= 11 is 8.67. The van der Waals surface area contributed by atoms with Gasteiger partial charge in [-0.2, -0.15) is 0 Å². The third kappa shape index (κ3) is 3.06. The van der Waals surface area contributed by atoms with Gasteiger partial charge in [0.05, 0.1) is 11.6 Å². The quantitative estimate of drug-likeness (QED) is 0.864. The van der Waals surface area contributed by atoms with Crippen LogP contribution in [0.4, 0.5) is 5.69 Å². The molecule has 0 saturated heterocycles. The van der Waals surface area contributed by atoms with Crippen LogP contribution in [0.3, 0.4) is 0 Å². The highest BCUT2D eigenvalue weighted by Gasteiger charge is 2.02. The van der Waals surface area contributed by atoms with Crippen molar-refractivity contribution in [1.82, 2.24) is 4.98 Å². The second kappa shape index (κ2) is 5.29. The number of aryl methyl sites for hydroxylation is 1. The first-order valence-corrected chi connectivity index (χ1v) is 7.15. The van der Waals surface area contributed by atoms with Crippen molar-refractivity contribution in [3.8, 4) is 0 Å². The fourth-order valence-corrected chi connectivity index (χ4v) is 3.22. The normalized spacial score (nSPS) is 10.4. The number of aromatic nitrogens is 1. The van der Waals surface area contributed by atoms with Crippen molar-refractivity contribution in [2.45, 2.75) is 13.5 Å². The first kappa shape index (κ1) is 12.1. The Morgan fingerprint density at radius 1 is 1.38 bits per heavy atom. The van der Waals surface area contributed by atoms with Gasteiger partial charge in [-0.05, 0) is 41.1 Å². The highest BCUT2D eigenvalue weighted by atomic mass is 79.9. The average Bonchev–Trinajstić information content (AvgIpc) is 2.63. The summed E-state index contributed by atoms with van der Waals surface area (Å²) in [6.45, 7) is 2.83. The molecular weight excluding hydrogens is 352 g/mol. The molecule has 0 radical (unpaired) electrons. The van der Waals surface area contributed by atoms with Crippen molar-refractivity contribution in [1.29, 1.82) is 0 Å². The number of nitrogens with zero attached hydrogens (tertiary/aromatic N) is 1. The molecule has 0 fully saturated rings. The predicted molar refractivity (Wildman–Crippen MR) is 76.0 cm³/mol. The van der Waals surface area contributed by atoms with Gasteiger partial charge in [0, 0.05) is 25.7 Å². The van der Waals surface area contributed by atoms with Crippen LogP contribution in [0.2, 0.25) is 0 Å². The second-order valence-corrected chi connectivity index (χ2v) is 6.41. The molecule has 2 rings (SSSR count). The lowest BCUT2D eigenvalue weighted by Gasteiger charge is -2.07. The predicted octanol–water partition coefficient (Wildman–Crippen LogP) is 4.59. The molecule has 0 saturated carbocycles. The first-order chi connectivity index (χ1) is 7.65. The lowest BCUT2D eigenvalue weighted by atomic mass is 10.3. The van der Waals surface area contributed by atoms with Gasteiger partial charge >= 0.3 is 0 Å². The minimum Gasteiger partial charge on any atom is -0.379 e. The molecule has 2 aromatic rings. The molecule has 0 aliphatic rings. The Kier molecular flexibility index (Phi) is 4.00. The van der Waals surface area contributed by atoms with E-state index in [1.165, 1.54) is 4.88 Å². The van der Waals surface area contributed by atoms with Crippen LogP contribution in [0.25, 0.3) is 0 Å². The number of rotatable bonds is 3. The van der Waals surface area contributed by atoms with Gasteiger partial charge in [-0.1, -0.05) is 15.9 Å². The van der Waals surface area contributed by atoms with Gasteiger partial charge in [-0.15, -0.1) is 11.3 Å². The molecular formula is C11H10Br2N2S. The van der Waals surface area contributed by atoms with Crippen molar-refractivity contribution in [3.63, 3.8) is 0 Å². The van der Waals surface area contributed by atoms with Gasteiger partial charge in [0.25, 0.3) is 0 Å². The van der Waals surface area contributed by atoms with Crippen molar-refractivity contribution >= 4 is 48.9 Å². The van der Waals surface area contributed by atoms with Crippen LogP contribution < -0.4 is 5.32 Å². The van der Waals surface area contributed by atoms with Crippen molar-refractivity contribution in [2.75, 3.05) is 5.32 Å². The minimum absolute atomic E-state index is 0.811. The number of hydrogen-bond acceptors (Lipinski definition) is 3. The summed E-state index contributed by atoms with van der Waals surface area (Å²) < 4.78 is 2.13. The van der Waals surface area contributed by atoms with E-state index in [2.05, 4.69) is 42.2 Å². The zero-order valence-electron chi connectivity index (χ0n) is 8.63. The van der Waals surface area contributed by atoms with Crippen molar-refractivity contribution in [3.05, 3.63) is 43.2 Å². The Morgan fingerprint density at radius 3 is 2.81 bits per heavy atom. The van der Waals surface area contributed by atoms with Gasteiger partial charge in [-0.25, -0.2) is 4.98 Å². The van der Waals surface area contributed by atoms with Crippen LogP contribution >= 0.6 is 43.2 Å². The van der Waals surface area contributed by atoms with Crippen molar-refractivity contribution in [2.24, 2.45) is 0 Å². The highest BCUT2D eigenvalue weighted by molar-refractivity contribution is 9.11. The van der Waals surface area contributed by atoms with E-state index in [0.29, 0.717) is 0 Å². The molecule has 0 atom stereocenters. The zero-order valence-corrected chi connectivity index (χ0v) is 12.6. The summed E-state index contributed by atoms with van der Waals surface area (Å²) in [5.74, 6) is 0. The first-order valence-electron chi connectivity index (χ1n) is 4.75. The average molecular weight is 362 g/mol. The molecule has 2 nitrogen and oxygen atoms in total. The van der Waals surface area contributed by atoms with Gasteiger partial charge in [0.2, 0.25) is 0 Å². The van der Waals surface area contributed by atoms with E-state index in [4.69, 9.17) is 0 Å². The second-order valence-electron chi connectivity index (χ2n) is 3.32. The molecule has 16 heavy (non-hydrogen) atoms. The van der Waals surface area contributed by atoms with Crippen LogP contribution in [0.1, 0.15) is 9.88 Å².